The number of benzene rings is 8. The SMILES string of the molecule is c1ccc(-c2cccc(-c3nc(-c4cccc(-c5ccccc5)c4)nc(-c4cccc(-n5c6ccccc6c6ccc7c8ccccc8n(-c8nc(-c9ccc%10ncccc%10n9)nc(-c9ccc%10ncccc%10n9)n8)c7c65)c4)n3)c2)cc1. The van der Waals surface area contributed by atoms with Gasteiger partial charge in [-0.25, -0.2) is 29.9 Å². The van der Waals surface area contributed by atoms with E-state index in [2.05, 4.69) is 201 Å². The molecule has 0 saturated carbocycles. The first kappa shape index (κ1) is 46.6. The van der Waals surface area contributed by atoms with E-state index >= 15 is 0 Å². The highest BCUT2D eigenvalue weighted by Crippen LogP contribution is 2.42. The van der Waals surface area contributed by atoms with Crippen molar-refractivity contribution in [2.45, 2.75) is 0 Å². The average Bonchev–Trinajstić information content (AvgIpc) is 4.25. The smallest absolute Gasteiger partial charge is 0.238 e. The maximum absolute atomic E-state index is 5.36. The van der Waals surface area contributed by atoms with Gasteiger partial charge in [-0.15, -0.1) is 0 Å². The summed E-state index contributed by atoms with van der Waals surface area (Å²) in [6.45, 7) is 0. The Kier molecular flexibility index (Phi) is 10.9. The van der Waals surface area contributed by atoms with Gasteiger partial charge in [0.15, 0.2) is 29.1 Å². The lowest BCUT2D eigenvalue weighted by Gasteiger charge is -2.14. The van der Waals surface area contributed by atoms with Crippen molar-refractivity contribution in [3.63, 3.8) is 0 Å². The first-order valence-corrected chi connectivity index (χ1v) is 27.0. The van der Waals surface area contributed by atoms with Crippen LogP contribution < -0.4 is 0 Å². The van der Waals surface area contributed by atoms with Crippen LogP contribution in [0.5, 0.6) is 0 Å². The van der Waals surface area contributed by atoms with Crippen molar-refractivity contribution in [3.8, 4) is 91.1 Å². The fourth-order valence-corrected chi connectivity index (χ4v) is 11.3. The zero-order chi connectivity index (χ0) is 54.1. The molecule has 12 nitrogen and oxygen atoms in total. The summed E-state index contributed by atoms with van der Waals surface area (Å²) >= 11 is 0. The number of fused-ring (bicyclic) bond motifs is 9. The molecular weight excluding hydrogens is 1010 g/mol. The number of aromatic nitrogens is 12. The summed E-state index contributed by atoms with van der Waals surface area (Å²) < 4.78 is 4.52. The molecule has 0 N–H and O–H groups in total. The molecule has 16 rings (SSSR count). The van der Waals surface area contributed by atoms with Crippen LogP contribution >= 0.6 is 0 Å². The number of hydrogen-bond donors (Lipinski definition) is 0. The van der Waals surface area contributed by atoms with Crippen LogP contribution in [-0.2, 0) is 0 Å². The Bertz CT molecular complexity index is 4990. The van der Waals surface area contributed by atoms with Crippen molar-refractivity contribution < 1.29 is 0 Å². The summed E-state index contributed by atoms with van der Waals surface area (Å²) in [5, 5.41) is 4.21. The first-order valence-electron chi connectivity index (χ1n) is 27.0. The van der Waals surface area contributed by atoms with Gasteiger partial charge in [-0.05, 0) is 107 Å². The molecule has 0 saturated heterocycles. The van der Waals surface area contributed by atoms with Crippen molar-refractivity contribution >= 4 is 65.7 Å². The lowest BCUT2D eigenvalue weighted by molar-refractivity contribution is 0.945. The summed E-state index contributed by atoms with van der Waals surface area (Å²) in [5.74, 6) is 2.86. The second-order valence-electron chi connectivity index (χ2n) is 20.1. The van der Waals surface area contributed by atoms with Gasteiger partial charge in [0, 0.05) is 56.3 Å². The van der Waals surface area contributed by atoms with Crippen LogP contribution in [0, 0.1) is 0 Å². The van der Waals surface area contributed by atoms with Crippen molar-refractivity contribution in [1.29, 1.82) is 0 Å². The topological polar surface area (TPSA) is 139 Å². The molecule has 8 heterocycles. The molecule has 82 heavy (non-hydrogen) atoms. The minimum atomic E-state index is 0.389. The number of para-hydroxylation sites is 2. The highest BCUT2D eigenvalue weighted by atomic mass is 15.2. The van der Waals surface area contributed by atoms with Crippen molar-refractivity contribution in [1.82, 2.24) is 59.0 Å². The molecule has 0 radical (unpaired) electrons. The summed E-state index contributed by atoms with van der Waals surface area (Å²) in [4.78, 5) is 50.9. The second-order valence-corrected chi connectivity index (χ2v) is 20.1. The average molecular weight is 1050 g/mol. The Morgan fingerprint density at radius 2 is 0.671 bits per heavy atom. The molecule has 0 unspecified atom stereocenters. The van der Waals surface area contributed by atoms with E-state index in [1.807, 2.05) is 60.7 Å². The number of pyridine rings is 4. The normalized spacial score (nSPS) is 11.7. The van der Waals surface area contributed by atoms with Crippen molar-refractivity contribution in [2.24, 2.45) is 0 Å². The predicted molar refractivity (Wildman–Crippen MR) is 326 cm³/mol. The second kappa shape index (κ2) is 19.1. The molecule has 0 atom stereocenters. The maximum atomic E-state index is 5.36. The number of hydrogen-bond acceptors (Lipinski definition) is 10. The van der Waals surface area contributed by atoms with Gasteiger partial charge in [-0.1, -0.05) is 158 Å². The number of nitrogens with zero attached hydrogens (tertiary/aromatic N) is 12. The summed E-state index contributed by atoms with van der Waals surface area (Å²) in [5.41, 5.74) is 15.8. The third-order valence-electron chi connectivity index (χ3n) is 15.1. The Labute approximate surface area is 468 Å². The molecule has 0 amide bonds. The molecule has 0 bridgehead atoms. The van der Waals surface area contributed by atoms with Gasteiger partial charge < -0.3 is 4.57 Å². The molecule has 0 aliphatic rings. The summed E-state index contributed by atoms with van der Waals surface area (Å²) in [6.07, 6.45) is 3.53. The van der Waals surface area contributed by atoms with Crippen LogP contribution in [-0.4, -0.2) is 59.0 Å². The van der Waals surface area contributed by atoms with Gasteiger partial charge in [0.25, 0.3) is 0 Å². The molecule has 0 aliphatic carbocycles. The molecule has 8 aromatic heterocycles. The molecule has 16 aromatic rings. The molecule has 382 valence electrons. The fraction of sp³-hybridized carbons (Fsp3) is 0. The van der Waals surface area contributed by atoms with E-state index in [0.29, 0.717) is 46.5 Å². The molecule has 0 spiro atoms. The Balaban J connectivity index is 0.927. The third-order valence-corrected chi connectivity index (χ3v) is 15.1. The van der Waals surface area contributed by atoms with E-state index in [0.717, 1.165) is 110 Å². The van der Waals surface area contributed by atoms with E-state index in [1.165, 1.54) is 0 Å². The Hall–Kier alpha value is -11.5. The van der Waals surface area contributed by atoms with E-state index in [-0.39, 0.29) is 0 Å². The van der Waals surface area contributed by atoms with E-state index in [9.17, 15) is 0 Å². The highest BCUT2D eigenvalue weighted by molar-refractivity contribution is 6.23. The van der Waals surface area contributed by atoms with Crippen molar-refractivity contribution in [2.75, 3.05) is 0 Å². The largest absolute Gasteiger partial charge is 0.307 e. The monoisotopic (exact) mass is 1050 g/mol. The van der Waals surface area contributed by atoms with Gasteiger partial charge in [0.1, 0.15) is 11.4 Å². The van der Waals surface area contributed by atoms with Gasteiger partial charge in [0.2, 0.25) is 5.95 Å². The minimum Gasteiger partial charge on any atom is -0.307 e. The van der Waals surface area contributed by atoms with E-state index in [1.54, 1.807) is 12.4 Å². The summed E-state index contributed by atoms with van der Waals surface area (Å²) in [7, 11) is 0. The third kappa shape index (κ3) is 8.00. The molecule has 8 aromatic carbocycles. The van der Waals surface area contributed by atoms with Crippen LogP contribution in [0.1, 0.15) is 0 Å². The predicted octanol–water partition coefficient (Wildman–Crippen LogP) is 15.8. The zero-order valence-corrected chi connectivity index (χ0v) is 43.6. The van der Waals surface area contributed by atoms with Crippen molar-refractivity contribution in [3.05, 3.63) is 255 Å². The molecule has 0 fully saturated rings. The Morgan fingerprint density at radius 1 is 0.244 bits per heavy atom. The lowest BCUT2D eigenvalue weighted by atomic mass is 10.0. The quantitative estimate of drug-likeness (QED) is 0.137. The number of rotatable bonds is 9. The van der Waals surface area contributed by atoms with Gasteiger partial charge in [0.05, 0.1) is 44.1 Å². The lowest BCUT2D eigenvalue weighted by Crippen LogP contribution is -2.08. The van der Waals surface area contributed by atoms with Gasteiger partial charge in [-0.2, -0.15) is 9.97 Å². The standard InChI is InChI=1S/C70H42N12/c1-3-16-43(17-4-1)45-20-11-22-47(40-45)65-75-66(48-23-12-21-46(41-48)44-18-5-2-6-19-44)77-67(76-65)49-24-13-25-50(42-49)81-61-30-9-7-26-51(61)53-32-33-54-52-27-8-10-31-62(52)82(64(54)63(53)81)70-79-68(59-36-34-55-57(73-59)28-14-38-71-55)78-69(80-70)60-37-35-56-58(74-60)29-15-39-72-56/h1-42H. The van der Waals surface area contributed by atoms with Gasteiger partial charge >= 0.3 is 0 Å². The van der Waals surface area contributed by atoms with Crippen LogP contribution in [0.25, 0.3) is 157 Å². The molecular formula is C70H42N12. The van der Waals surface area contributed by atoms with Crippen LogP contribution in [0.4, 0.5) is 0 Å². The zero-order valence-electron chi connectivity index (χ0n) is 43.6. The van der Waals surface area contributed by atoms with Crippen LogP contribution in [0.3, 0.4) is 0 Å². The molecule has 0 aliphatic heterocycles. The van der Waals surface area contributed by atoms with Crippen LogP contribution in [0.15, 0.2) is 255 Å². The first-order chi connectivity index (χ1) is 40.6. The van der Waals surface area contributed by atoms with Gasteiger partial charge in [-0.3, -0.25) is 14.5 Å². The van der Waals surface area contributed by atoms with E-state index < -0.39 is 0 Å². The maximum Gasteiger partial charge on any atom is 0.238 e. The van der Waals surface area contributed by atoms with Crippen LogP contribution in [0.2, 0.25) is 0 Å². The van der Waals surface area contributed by atoms with E-state index in [4.69, 9.17) is 39.9 Å². The summed E-state index contributed by atoms with van der Waals surface area (Å²) in [6, 6.07) is 82.9. The Morgan fingerprint density at radius 3 is 1.21 bits per heavy atom. The highest BCUT2D eigenvalue weighted by Gasteiger charge is 2.25. The minimum absolute atomic E-state index is 0.389. The fourth-order valence-electron chi connectivity index (χ4n) is 11.3. The molecule has 12 heteroatoms.